The number of nitro benzene ring substituents is 1. The van der Waals surface area contributed by atoms with Gasteiger partial charge < -0.3 is 4.42 Å². The van der Waals surface area contributed by atoms with Crippen LogP contribution in [-0.4, -0.2) is 10.7 Å². The summed E-state index contributed by atoms with van der Waals surface area (Å²) in [6, 6.07) is 8.73. The van der Waals surface area contributed by atoms with Gasteiger partial charge in [-0.3, -0.25) is 14.9 Å². The third-order valence-electron chi connectivity index (χ3n) is 3.52. The van der Waals surface area contributed by atoms with Crippen molar-refractivity contribution in [3.8, 4) is 0 Å². The highest BCUT2D eigenvalue weighted by Crippen LogP contribution is 2.31. The Bertz CT molecular complexity index is 962. The van der Waals surface area contributed by atoms with Gasteiger partial charge in [-0.2, -0.15) is 0 Å². The van der Waals surface area contributed by atoms with Crippen molar-refractivity contribution in [1.29, 1.82) is 0 Å². The summed E-state index contributed by atoms with van der Waals surface area (Å²) in [7, 11) is 0. The molecule has 1 heterocycles. The molecule has 0 spiro atoms. The molecule has 5 nitrogen and oxygen atoms in total. The fourth-order valence-corrected chi connectivity index (χ4v) is 2.61. The van der Waals surface area contributed by atoms with Gasteiger partial charge in [0.2, 0.25) is 5.78 Å². The third kappa shape index (κ3) is 2.69. The Morgan fingerprint density at radius 3 is 2.52 bits per heavy atom. The van der Waals surface area contributed by atoms with E-state index in [-0.39, 0.29) is 22.3 Å². The molecular formula is C16H9Cl2NO4. The van der Waals surface area contributed by atoms with Crippen molar-refractivity contribution in [2.45, 2.75) is 6.92 Å². The Kier molecular flexibility index (Phi) is 3.83. The first kappa shape index (κ1) is 15.5. The summed E-state index contributed by atoms with van der Waals surface area (Å²) < 4.78 is 5.57. The van der Waals surface area contributed by atoms with E-state index in [0.29, 0.717) is 27.1 Å². The summed E-state index contributed by atoms with van der Waals surface area (Å²) in [5, 5.41) is 12.0. The molecule has 0 N–H and O–H groups in total. The number of fused-ring (bicyclic) bond motifs is 1. The highest BCUT2D eigenvalue weighted by molar-refractivity contribution is 6.42. The predicted molar refractivity (Wildman–Crippen MR) is 87.5 cm³/mol. The minimum Gasteiger partial charge on any atom is -0.452 e. The Balaban J connectivity index is 2.12. The first-order valence-electron chi connectivity index (χ1n) is 6.56. The van der Waals surface area contributed by atoms with Gasteiger partial charge in [0.05, 0.1) is 15.0 Å². The molecule has 0 aliphatic heterocycles. The molecule has 0 radical (unpaired) electrons. The minimum atomic E-state index is -0.494. The van der Waals surface area contributed by atoms with Crippen molar-refractivity contribution in [3.63, 3.8) is 0 Å². The van der Waals surface area contributed by atoms with E-state index in [9.17, 15) is 14.9 Å². The molecule has 3 aromatic rings. The van der Waals surface area contributed by atoms with Gasteiger partial charge in [0, 0.05) is 28.6 Å². The molecule has 0 amide bonds. The van der Waals surface area contributed by atoms with Gasteiger partial charge in [0.15, 0.2) is 5.76 Å². The van der Waals surface area contributed by atoms with Crippen LogP contribution < -0.4 is 0 Å². The summed E-state index contributed by atoms with van der Waals surface area (Å²) >= 11 is 11.8. The monoisotopic (exact) mass is 349 g/mol. The van der Waals surface area contributed by atoms with E-state index in [1.807, 2.05) is 0 Å². The number of nitro groups is 1. The van der Waals surface area contributed by atoms with Crippen molar-refractivity contribution >= 4 is 45.6 Å². The van der Waals surface area contributed by atoms with Gasteiger partial charge in [-0.05, 0) is 31.2 Å². The van der Waals surface area contributed by atoms with E-state index < -0.39 is 4.92 Å². The number of carbonyl (C=O) groups excluding carboxylic acids is 1. The molecule has 0 aliphatic carbocycles. The maximum absolute atomic E-state index is 12.6. The zero-order chi connectivity index (χ0) is 16.7. The number of nitrogens with zero attached hydrogens (tertiary/aromatic N) is 1. The largest absolute Gasteiger partial charge is 0.452 e. The Labute approximate surface area is 140 Å². The van der Waals surface area contributed by atoms with Crippen LogP contribution in [0.5, 0.6) is 0 Å². The summed E-state index contributed by atoms with van der Waals surface area (Å²) in [4.78, 5) is 23.0. The van der Waals surface area contributed by atoms with Gasteiger partial charge in [0.25, 0.3) is 5.69 Å². The van der Waals surface area contributed by atoms with E-state index in [1.165, 1.54) is 30.3 Å². The Hall–Kier alpha value is -2.37. The number of hydrogen-bond donors (Lipinski definition) is 0. The first-order chi connectivity index (χ1) is 10.9. The van der Waals surface area contributed by atoms with Crippen LogP contribution in [0.4, 0.5) is 5.69 Å². The van der Waals surface area contributed by atoms with Gasteiger partial charge in [-0.25, -0.2) is 0 Å². The first-order valence-corrected chi connectivity index (χ1v) is 7.31. The third-order valence-corrected chi connectivity index (χ3v) is 4.26. The summed E-state index contributed by atoms with van der Waals surface area (Å²) in [5.74, 6) is -0.237. The van der Waals surface area contributed by atoms with E-state index >= 15 is 0 Å². The minimum absolute atomic E-state index is 0.0602. The van der Waals surface area contributed by atoms with E-state index in [0.717, 1.165) is 0 Å². The molecule has 0 aliphatic rings. The summed E-state index contributed by atoms with van der Waals surface area (Å²) in [5.41, 5.74) is 1.22. The Morgan fingerprint density at radius 1 is 1.13 bits per heavy atom. The number of rotatable bonds is 3. The average Bonchev–Trinajstić information content (AvgIpc) is 2.86. The average molecular weight is 350 g/mol. The second-order valence-corrected chi connectivity index (χ2v) is 5.77. The lowest BCUT2D eigenvalue weighted by Gasteiger charge is -2.01. The number of aryl methyl sites for hydroxylation is 1. The summed E-state index contributed by atoms with van der Waals surface area (Å²) in [6.07, 6.45) is 0. The molecule has 3 rings (SSSR count). The van der Waals surface area contributed by atoms with Crippen LogP contribution in [0, 0.1) is 17.0 Å². The van der Waals surface area contributed by atoms with Crippen molar-refractivity contribution < 1.29 is 14.1 Å². The predicted octanol–water partition coefficient (Wildman–Crippen LogP) is 5.19. The number of benzene rings is 2. The highest BCUT2D eigenvalue weighted by atomic mass is 35.5. The van der Waals surface area contributed by atoms with Crippen LogP contribution in [-0.2, 0) is 0 Å². The van der Waals surface area contributed by atoms with E-state index in [1.54, 1.807) is 13.0 Å². The number of hydrogen-bond acceptors (Lipinski definition) is 4. The van der Waals surface area contributed by atoms with Crippen LogP contribution in [0.1, 0.15) is 21.7 Å². The van der Waals surface area contributed by atoms with E-state index in [2.05, 4.69) is 0 Å². The molecule has 0 fully saturated rings. The molecule has 0 atom stereocenters. The molecule has 0 bridgehead atoms. The van der Waals surface area contributed by atoms with Gasteiger partial charge in [-0.15, -0.1) is 0 Å². The maximum atomic E-state index is 12.6. The summed E-state index contributed by atoms with van der Waals surface area (Å²) in [6.45, 7) is 1.68. The molecule has 0 saturated carbocycles. The van der Waals surface area contributed by atoms with Crippen molar-refractivity contribution in [1.82, 2.24) is 0 Å². The lowest BCUT2D eigenvalue weighted by atomic mass is 10.0. The number of non-ortho nitro benzene ring substituents is 1. The topological polar surface area (TPSA) is 73.3 Å². The van der Waals surface area contributed by atoms with E-state index in [4.69, 9.17) is 27.6 Å². The van der Waals surface area contributed by atoms with Crippen molar-refractivity contribution in [2.24, 2.45) is 0 Å². The molecule has 2 aromatic carbocycles. The van der Waals surface area contributed by atoms with Crippen LogP contribution in [0.3, 0.4) is 0 Å². The zero-order valence-electron chi connectivity index (χ0n) is 11.8. The van der Waals surface area contributed by atoms with Gasteiger partial charge in [-0.1, -0.05) is 23.2 Å². The second-order valence-electron chi connectivity index (χ2n) is 4.95. The molecule has 1 aromatic heterocycles. The second kappa shape index (κ2) is 5.68. The number of carbonyl (C=O) groups is 1. The number of furan rings is 1. The van der Waals surface area contributed by atoms with Crippen LogP contribution in [0.2, 0.25) is 10.0 Å². The molecule has 7 heteroatoms. The fraction of sp³-hybridized carbons (Fsp3) is 0.0625. The van der Waals surface area contributed by atoms with Crippen LogP contribution in [0.25, 0.3) is 11.0 Å². The smallest absolute Gasteiger partial charge is 0.270 e. The molecule has 23 heavy (non-hydrogen) atoms. The quantitative estimate of drug-likeness (QED) is 0.370. The Morgan fingerprint density at radius 2 is 1.87 bits per heavy atom. The van der Waals surface area contributed by atoms with Crippen LogP contribution >= 0.6 is 23.2 Å². The molecule has 0 saturated heterocycles. The lowest BCUT2D eigenvalue weighted by Crippen LogP contribution is -2.01. The standard InChI is InChI=1S/C16H9Cl2NO4/c1-8-11-7-10(19(21)22)3-5-14(11)23-16(8)15(20)9-2-4-12(17)13(18)6-9/h2-7H,1H3. The van der Waals surface area contributed by atoms with Gasteiger partial charge in [0.1, 0.15) is 5.58 Å². The van der Waals surface area contributed by atoms with Crippen LogP contribution in [0.15, 0.2) is 40.8 Å². The maximum Gasteiger partial charge on any atom is 0.270 e. The molecular weight excluding hydrogens is 341 g/mol. The normalized spacial score (nSPS) is 10.9. The lowest BCUT2D eigenvalue weighted by molar-refractivity contribution is -0.384. The molecule has 116 valence electrons. The van der Waals surface area contributed by atoms with Crippen molar-refractivity contribution in [2.75, 3.05) is 0 Å². The molecule has 0 unspecified atom stereocenters. The zero-order valence-corrected chi connectivity index (χ0v) is 13.3. The van der Waals surface area contributed by atoms with Crippen molar-refractivity contribution in [3.05, 3.63) is 73.4 Å². The number of halogens is 2. The number of ketones is 1. The fourth-order valence-electron chi connectivity index (χ4n) is 2.31. The van der Waals surface area contributed by atoms with Gasteiger partial charge >= 0.3 is 0 Å². The highest BCUT2D eigenvalue weighted by Gasteiger charge is 2.21. The SMILES string of the molecule is Cc1c(C(=O)c2ccc(Cl)c(Cl)c2)oc2ccc([N+](=O)[O-])cc12.